The number of aliphatic hydroxyl groups is 8. The Morgan fingerprint density at radius 2 is 1.35 bits per heavy atom. The fraction of sp³-hybridized carbons (Fsp3) is 0.900. The third-order valence-corrected chi connectivity index (χ3v) is 5.81. The second-order valence-electron chi connectivity index (χ2n) is 8.98. The summed E-state index contributed by atoms with van der Waals surface area (Å²) in [7, 11) is 0. The predicted molar refractivity (Wildman–Crippen MR) is 109 cm³/mol. The summed E-state index contributed by atoms with van der Waals surface area (Å²) < 4.78 is 15.4. The monoisotopic (exact) mass is 497 g/mol. The number of hydrogen-bond acceptors (Lipinski definition) is 13. The van der Waals surface area contributed by atoms with Crippen molar-refractivity contribution in [1.82, 2.24) is 5.32 Å². The molecule has 1 amide bonds. The van der Waals surface area contributed by atoms with Crippen molar-refractivity contribution in [2.45, 2.75) is 88.0 Å². The lowest BCUT2D eigenvalue weighted by Gasteiger charge is -2.40. The van der Waals surface area contributed by atoms with Gasteiger partial charge in [-0.05, 0) is 12.3 Å². The van der Waals surface area contributed by atoms with Crippen molar-refractivity contribution in [3.05, 3.63) is 0 Å². The highest BCUT2D eigenvalue weighted by Crippen LogP contribution is 2.25. The Labute approximate surface area is 195 Å². The topological polar surface area (TPSA) is 236 Å². The Morgan fingerprint density at radius 1 is 0.824 bits per heavy atom. The highest BCUT2D eigenvalue weighted by atomic mass is 16.7. The van der Waals surface area contributed by atoms with E-state index in [1.165, 1.54) is 0 Å². The summed E-state index contributed by atoms with van der Waals surface area (Å²) in [6.07, 6.45) is -16.2. The van der Waals surface area contributed by atoms with Crippen LogP contribution in [-0.2, 0) is 23.8 Å². The largest absolute Gasteiger partial charge is 0.433 e. The molecule has 0 aromatic carbocycles. The Balaban J connectivity index is 2.04. The van der Waals surface area contributed by atoms with Gasteiger partial charge < -0.3 is 60.4 Å². The van der Waals surface area contributed by atoms with Gasteiger partial charge >= 0.3 is 5.97 Å². The van der Waals surface area contributed by atoms with Crippen molar-refractivity contribution in [2.75, 3.05) is 13.2 Å². The van der Waals surface area contributed by atoms with Crippen LogP contribution in [0.15, 0.2) is 0 Å². The van der Waals surface area contributed by atoms with Crippen molar-refractivity contribution in [1.29, 1.82) is 0 Å². The van der Waals surface area contributed by atoms with Crippen LogP contribution in [-0.4, -0.2) is 127 Å². The first-order valence-corrected chi connectivity index (χ1v) is 11.0. The summed E-state index contributed by atoms with van der Waals surface area (Å²) in [5, 5.41) is 80.4. The van der Waals surface area contributed by atoms with Crippen LogP contribution < -0.4 is 5.32 Å². The fourth-order valence-corrected chi connectivity index (χ4v) is 3.87. The predicted octanol–water partition coefficient (Wildman–Crippen LogP) is -4.70. The molecule has 0 aromatic rings. The van der Waals surface area contributed by atoms with Gasteiger partial charge in [0.15, 0.2) is 6.23 Å². The lowest BCUT2D eigenvalue weighted by atomic mass is 9.92. The van der Waals surface area contributed by atoms with Gasteiger partial charge in [-0.1, -0.05) is 13.8 Å². The van der Waals surface area contributed by atoms with E-state index < -0.39 is 98.8 Å². The highest BCUT2D eigenvalue weighted by Gasteiger charge is 2.46. The van der Waals surface area contributed by atoms with E-state index in [0.717, 1.165) is 0 Å². The Kier molecular flexibility index (Phi) is 10.6. The summed E-state index contributed by atoms with van der Waals surface area (Å²) >= 11 is 0. The molecule has 14 heteroatoms. The number of nitrogens with one attached hydrogen (secondary N) is 1. The molecule has 0 radical (unpaired) electrons. The van der Waals surface area contributed by atoms with Crippen LogP contribution in [0.1, 0.15) is 26.7 Å². The average molecular weight is 497 g/mol. The van der Waals surface area contributed by atoms with Crippen molar-refractivity contribution in [3.8, 4) is 0 Å². The highest BCUT2D eigenvalue weighted by molar-refractivity contribution is 5.84. The van der Waals surface area contributed by atoms with Crippen LogP contribution >= 0.6 is 0 Å². The number of amides is 1. The Morgan fingerprint density at radius 3 is 1.88 bits per heavy atom. The van der Waals surface area contributed by atoms with Crippen molar-refractivity contribution < 1.29 is 64.7 Å². The van der Waals surface area contributed by atoms with Crippen LogP contribution in [0.3, 0.4) is 0 Å². The van der Waals surface area contributed by atoms with E-state index in [1.54, 1.807) is 13.8 Å². The quantitative estimate of drug-likeness (QED) is 0.136. The van der Waals surface area contributed by atoms with Gasteiger partial charge in [-0.3, -0.25) is 9.59 Å². The molecule has 9 N–H and O–H groups in total. The van der Waals surface area contributed by atoms with Crippen molar-refractivity contribution >= 4 is 11.9 Å². The molecule has 2 fully saturated rings. The van der Waals surface area contributed by atoms with E-state index in [-0.39, 0.29) is 12.3 Å². The first-order valence-electron chi connectivity index (χ1n) is 11.0. The maximum absolute atomic E-state index is 12.9. The van der Waals surface area contributed by atoms with Crippen molar-refractivity contribution in [3.63, 3.8) is 0 Å². The normalized spacial score (nSPS) is 39.5. The number of esters is 1. The van der Waals surface area contributed by atoms with E-state index in [4.69, 9.17) is 14.2 Å². The van der Waals surface area contributed by atoms with Gasteiger partial charge in [-0.25, -0.2) is 0 Å². The average Bonchev–Trinajstić information content (AvgIpc) is 2.78. The lowest BCUT2D eigenvalue weighted by molar-refractivity contribution is -0.292. The van der Waals surface area contributed by atoms with E-state index >= 15 is 0 Å². The SMILES string of the molecule is CC(C)C[C@H](CC(=O)OC1O[C@H](CO)[C@@H](O)[C@H](O)[C@H]1O)C(=O)NC1O[C@H](CO)[C@@H](O)[C@H](O)[C@H]1O. The zero-order valence-electron chi connectivity index (χ0n) is 18.9. The molecule has 2 unspecified atom stereocenters. The first-order chi connectivity index (χ1) is 15.9. The lowest BCUT2D eigenvalue weighted by Crippen LogP contribution is -2.63. The first kappa shape index (κ1) is 28.8. The minimum atomic E-state index is -1.80. The van der Waals surface area contributed by atoms with Crippen LogP contribution in [0.5, 0.6) is 0 Å². The minimum absolute atomic E-state index is 0.0643. The standard InChI is InChI=1S/C20H35NO13/c1-7(2)3-8(18(31)21-19-16(29)14(27)12(25)9(5-22)32-19)4-11(24)34-20-17(30)15(28)13(26)10(6-23)33-20/h7-10,12-17,19-20,22-23,25-30H,3-6H2,1-2H3,(H,21,31)/t8-,9-,10-,12-,13-,14+,15+,16-,17-,19?,20?/m1/s1. The van der Waals surface area contributed by atoms with Gasteiger partial charge in [0.2, 0.25) is 12.2 Å². The molecule has 2 saturated heterocycles. The molecule has 0 aromatic heterocycles. The van der Waals surface area contributed by atoms with Gasteiger partial charge in [0, 0.05) is 5.92 Å². The molecule has 198 valence electrons. The number of carbonyl (C=O) groups is 2. The summed E-state index contributed by atoms with van der Waals surface area (Å²) in [6, 6.07) is 0. The van der Waals surface area contributed by atoms with E-state index in [2.05, 4.69) is 5.32 Å². The number of hydrogen-bond donors (Lipinski definition) is 9. The number of rotatable bonds is 9. The van der Waals surface area contributed by atoms with Gasteiger partial charge in [-0.15, -0.1) is 0 Å². The zero-order valence-corrected chi connectivity index (χ0v) is 18.9. The van der Waals surface area contributed by atoms with E-state index in [9.17, 15) is 50.4 Å². The van der Waals surface area contributed by atoms with E-state index in [1.807, 2.05) is 0 Å². The van der Waals surface area contributed by atoms with Gasteiger partial charge in [-0.2, -0.15) is 0 Å². The molecular weight excluding hydrogens is 462 g/mol. The molecule has 2 aliphatic rings. The Hall–Kier alpha value is -1.46. The number of ether oxygens (including phenoxy) is 3. The van der Waals surface area contributed by atoms with Crippen LogP contribution in [0.25, 0.3) is 0 Å². The maximum Gasteiger partial charge on any atom is 0.309 e. The molecule has 0 spiro atoms. The molecule has 11 atom stereocenters. The molecule has 0 aliphatic carbocycles. The molecule has 14 nitrogen and oxygen atoms in total. The van der Waals surface area contributed by atoms with Crippen LogP contribution in [0.2, 0.25) is 0 Å². The minimum Gasteiger partial charge on any atom is -0.433 e. The second-order valence-corrected chi connectivity index (χ2v) is 8.98. The van der Waals surface area contributed by atoms with E-state index in [0.29, 0.717) is 0 Å². The molecule has 2 rings (SSSR count). The fourth-order valence-electron chi connectivity index (χ4n) is 3.87. The molecule has 2 heterocycles. The third kappa shape index (κ3) is 6.81. The van der Waals surface area contributed by atoms with Crippen LogP contribution in [0, 0.1) is 11.8 Å². The summed E-state index contributed by atoms with van der Waals surface area (Å²) in [5.41, 5.74) is 0. The maximum atomic E-state index is 12.9. The molecule has 0 saturated carbocycles. The van der Waals surface area contributed by atoms with Crippen LogP contribution in [0.4, 0.5) is 0 Å². The summed E-state index contributed by atoms with van der Waals surface area (Å²) in [4.78, 5) is 25.4. The van der Waals surface area contributed by atoms with Crippen molar-refractivity contribution in [2.24, 2.45) is 11.8 Å². The second kappa shape index (κ2) is 12.5. The molecule has 2 aliphatic heterocycles. The van der Waals surface area contributed by atoms with Gasteiger partial charge in [0.05, 0.1) is 19.6 Å². The molecule has 0 bridgehead atoms. The molecule has 34 heavy (non-hydrogen) atoms. The van der Waals surface area contributed by atoms with Gasteiger partial charge in [0.1, 0.15) is 48.8 Å². The number of carbonyl (C=O) groups excluding carboxylic acids is 2. The summed E-state index contributed by atoms with van der Waals surface area (Å²) in [6.45, 7) is 2.18. The molecular formula is C20H35NO13. The number of aliphatic hydroxyl groups excluding tert-OH is 8. The van der Waals surface area contributed by atoms with Gasteiger partial charge in [0.25, 0.3) is 0 Å². The smallest absolute Gasteiger partial charge is 0.309 e. The summed E-state index contributed by atoms with van der Waals surface area (Å²) in [5.74, 6) is -2.81. The Bertz CT molecular complexity index is 675. The zero-order chi connectivity index (χ0) is 25.7. The third-order valence-electron chi connectivity index (χ3n) is 5.81.